The van der Waals surface area contributed by atoms with Crippen LogP contribution in [0.3, 0.4) is 0 Å². The predicted octanol–water partition coefficient (Wildman–Crippen LogP) is 1.08. The summed E-state index contributed by atoms with van der Waals surface area (Å²) >= 11 is 5.82. The zero-order chi connectivity index (χ0) is 12.9. The summed E-state index contributed by atoms with van der Waals surface area (Å²) in [5.74, 6) is -0.330. The highest BCUT2D eigenvalue weighted by atomic mass is 35.5. The van der Waals surface area contributed by atoms with Crippen LogP contribution in [0.2, 0.25) is 5.02 Å². The van der Waals surface area contributed by atoms with E-state index in [4.69, 9.17) is 11.6 Å². The summed E-state index contributed by atoms with van der Waals surface area (Å²) < 4.78 is 23.9. The van der Waals surface area contributed by atoms with Gasteiger partial charge in [0.05, 0.1) is 21.8 Å². The van der Waals surface area contributed by atoms with Crippen molar-refractivity contribution in [1.29, 1.82) is 0 Å². The van der Waals surface area contributed by atoms with Gasteiger partial charge >= 0.3 is 0 Å². The fourth-order valence-electron chi connectivity index (χ4n) is 1.41. The third-order valence-corrected chi connectivity index (χ3v) is 4.50. The quantitative estimate of drug-likeness (QED) is 0.817. The molecule has 0 aliphatic carbocycles. The first-order chi connectivity index (χ1) is 7.97. The van der Waals surface area contributed by atoms with Crippen molar-refractivity contribution in [2.24, 2.45) is 0 Å². The minimum atomic E-state index is -3.54. The first-order valence-corrected chi connectivity index (χ1v) is 7.36. The van der Waals surface area contributed by atoms with Crippen molar-refractivity contribution >= 4 is 21.4 Å². The molecule has 0 fully saturated rings. The molecule has 1 aromatic carbocycles. The monoisotopic (exact) mass is 277 g/mol. The van der Waals surface area contributed by atoms with Crippen molar-refractivity contribution in [3.63, 3.8) is 0 Å². The molecule has 6 heteroatoms. The Labute approximate surface area is 107 Å². The predicted molar refractivity (Wildman–Crippen MR) is 68.1 cm³/mol. The SMILES string of the molecule is CCNCC(O)CS(=O)(=O)c1ccccc1Cl. The molecule has 17 heavy (non-hydrogen) atoms. The van der Waals surface area contributed by atoms with Gasteiger partial charge in [0.25, 0.3) is 0 Å². The minimum Gasteiger partial charge on any atom is -0.391 e. The van der Waals surface area contributed by atoms with Crippen LogP contribution in [0.5, 0.6) is 0 Å². The van der Waals surface area contributed by atoms with E-state index in [1.54, 1.807) is 12.1 Å². The highest BCUT2D eigenvalue weighted by molar-refractivity contribution is 7.91. The van der Waals surface area contributed by atoms with Crippen molar-refractivity contribution in [2.75, 3.05) is 18.8 Å². The van der Waals surface area contributed by atoms with Gasteiger partial charge in [0.2, 0.25) is 0 Å². The van der Waals surface area contributed by atoms with Gasteiger partial charge in [-0.3, -0.25) is 0 Å². The van der Waals surface area contributed by atoms with Crippen LogP contribution >= 0.6 is 11.6 Å². The first-order valence-electron chi connectivity index (χ1n) is 5.33. The van der Waals surface area contributed by atoms with Crippen molar-refractivity contribution in [1.82, 2.24) is 5.32 Å². The van der Waals surface area contributed by atoms with E-state index < -0.39 is 15.9 Å². The molecule has 0 aliphatic rings. The van der Waals surface area contributed by atoms with Crippen LogP contribution in [0.15, 0.2) is 29.2 Å². The average molecular weight is 278 g/mol. The van der Waals surface area contributed by atoms with Gasteiger partial charge in [-0.15, -0.1) is 0 Å². The topological polar surface area (TPSA) is 66.4 Å². The molecule has 0 aromatic heterocycles. The Kier molecular flexibility index (Phi) is 5.39. The van der Waals surface area contributed by atoms with Crippen LogP contribution in [-0.4, -0.2) is 38.5 Å². The number of sulfone groups is 1. The van der Waals surface area contributed by atoms with E-state index in [2.05, 4.69) is 5.32 Å². The third kappa shape index (κ3) is 4.27. The molecule has 0 aliphatic heterocycles. The maximum Gasteiger partial charge on any atom is 0.182 e. The van der Waals surface area contributed by atoms with Gasteiger partial charge in [0, 0.05) is 6.54 Å². The Morgan fingerprint density at radius 3 is 2.65 bits per heavy atom. The Balaban J connectivity index is 2.79. The van der Waals surface area contributed by atoms with Gasteiger partial charge in [-0.05, 0) is 18.7 Å². The number of hydrogen-bond acceptors (Lipinski definition) is 4. The van der Waals surface area contributed by atoms with E-state index in [-0.39, 0.29) is 22.2 Å². The lowest BCUT2D eigenvalue weighted by molar-refractivity contribution is 0.194. The molecule has 0 saturated heterocycles. The standard InChI is InChI=1S/C11H16ClNO3S/c1-2-13-7-9(14)8-17(15,16)11-6-4-3-5-10(11)12/h3-6,9,13-14H,2,7-8H2,1H3. The van der Waals surface area contributed by atoms with Crippen molar-refractivity contribution in [2.45, 2.75) is 17.9 Å². The molecule has 4 nitrogen and oxygen atoms in total. The summed E-state index contributed by atoms with van der Waals surface area (Å²) in [7, 11) is -3.54. The normalized spacial score (nSPS) is 13.6. The second-order valence-corrected chi connectivity index (χ2v) is 6.08. The fourth-order valence-corrected chi connectivity index (χ4v) is 3.35. The first kappa shape index (κ1) is 14.4. The number of likely N-dealkylation sites (N-methyl/N-ethyl adjacent to an activating group) is 1. The summed E-state index contributed by atoms with van der Waals surface area (Å²) in [5, 5.41) is 12.7. The summed E-state index contributed by atoms with van der Waals surface area (Å²) in [5.41, 5.74) is 0. The molecule has 1 unspecified atom stereocenters. The third-order valence-electron chi connectivity index (χ3n) is 2.21. The molecule has 0 bridgehead atoms. The van der Waals surface area contributed by atoms with Gasteiger partial charge in [-0.2, -0.15) is 0 Å². The zero-order valence-corrected chi connectivity index (χ0v) is 11.1. The molecule has 0 heterocycles. The largest absolute Gasteiger partial charge is 0.391 e. The lowest BCUT2D eigenvalue weighted by atomic mass is 10.4. The number of nitrogens with one attached hydrogen (secondary N) is 1. The molecule has 0 saturated carbocycles. The van der Waals surface area contributed by atoms with E-state index in [9.17, 15) is 13.5 Å². The molecule has 0 radical (unpaired) electrons. The number of halogens is 1. The number of rotatable bonds is 6. The minimum absolute atomic E-state index is 0.0669. The van der Waals surface area contributed by atoms with Gasteiger partial charge in [0.15, 0.2) is 9.84 Å². The van der Waals surface area contributed by atoms with Gasteiger partial charge in [0.1, 0.15) is 0 Å². The fraction of sp³-hybridized carbons (Fsp3) is 0.455. The van der Waals surface area contributed by atoms with Crippen molar-refractivity contribution in [3.05, 3.63) is 29.3 Å². The maximum atomic E-state index is 12.0. The maximum absolute atomic E-state index is 12.0. The number of aliphatic hydroxyl groups excluding tert-OH is 1. The summed E-state index contributed by atoms with van der Waals surface area (Å²) in [4.78, 5) is 0.0669. The lowest BCUT2D eigenvalue weighted by Gasteiger charge is -2.12. The van der Waals surface area contributed by atoms with Crippen LogP contribution < -0.4 is 5.32 Å². The number of aliphatic hydroxyl groups is 1. The molecule has 0 spiro atoms. The van der Waals surface area contributed by atoms with E-state index in [1.807, 2.05) is 6.92 Å². The van der Waals surface area contributed by atoms with Crippen LogP contribution in [0, 0.1) is 0 Å². The van der Waals surface area contributed by atoms with E-state index in [0.29, 0.717) is 6.54 Å². The Hall–Kier alpha value is -0.620. The Morgan fingerprint density at radius 1 is 1.41 bits per heavy atom. The molecule has 96 valence electrons. The van der Waals surface area contributed by atoms with Crippen LogP contribution in [0.4, 0.5) is 0 Å². The molecular weight excluding hydrogens is 262 g/mol. The summed E-state index contributed by atoms with van der Waals surface area (Å²) in [6.45, 7) is 2.82. The number of benzene rings is 1. The summed E-state index contributed by atoms with van der Waals surface area (Å²) in [6, 6.07) is 6.23. The van der Waals surface area contributed by atoms with Crippen LogP contribution in [0.1, 0.15) is 6.92 Å². The molecular formula is C11H16ClNO3S. The zero-order valence-electron chi connectivity index (χ0n) is 9.56. The average Bonchev–Trinajstić information content (AvgIpc) is 2.26. The Bertz CT molecular complexity index is 462. The van der Waals surface area contributed by atoms with E-state index in [1.165, 1.54) is 12.1 Å². The highest BCUT2D eigenvalue weighted by Gasteiger charge is 2.21. The van der Waals surface area contributed by atoms with Gasteiger partial charge < -0.3 is 10.4 Å². The molecule has 0 amide bonds. The molecule has 1 aromatic rings. The number of hydrogen-bond donors (Lipinski definition) is 2. The van der Waals surface area contributed by atoms with Crippen molar-refractivity contribution < 1.29 is 13.5 Å². The Morgan fingerprint density at radius 2 is 2.06 bits per heavy atom. The summed E-state index contributed by atoms with van der Waals surface area (Å²) in [6.07, 6.45) is -0.934. The van der Waals surface area contributed by atoms with E-state index >= 15 is 0 Å². The molecule has 1 rings (SSSR count). The van der Waals surface area contributed by atoms with Gasteiger partial charge in [-0.25, -0.2) is 8.42 Å². The van der Waals surface area contributed by atoms with E-state index in [0.717, 1.165) is 0 Å². The second kappa shape index (κ2) is 6.35. The van der Waals surface area contributed by atoms with Crippen molar-refractivity contribution in [3.8, 4) is 0 Å². The lowest BCUT2D eigenvalue weighted by Crippen LogP contribution is -2.32. The molecule has 2 N–H and O–H groups in total. The van der Waals surface area contributed by atoms with Gasteiger partial charge in [-0.1, -0.05) is 30.7 Å². The van der Waals surface area contributed by atoms with Crippen LogP contribution in [-0.2, 0) is 9.84 Å². The van der Waals surface area contributed by atoms with Crippen LogP contribution in [0.25, 0.3) is 0 Å². The highest BCUT2D eigenvalue weighted by Crippen LogP contribution is 2.22. The second-order valence-electron chi connectivity index (χ2n) is 3.67. The smallest absolute Gasteiger partial charge is 0.182 e. The molecule has 1 atom stereocenters.